The van der Waals surface area contributed by atoms with Crippen molar-refractivity contribution < 1.29 is 9.90 Å². The number of carbonyl (C=O) groups is 1. The molecule has 0 saturated carbocycles. The maximum Gasteiger partial charge on any atom is 0.322 e. The Balaban J connectivity index is 1.96. The van der Waals surface area contributed by atoms with E-state index < -0.39 is 12.0 Å². The number of piperidine rings is 1. The van der Waals surface area contributed by atoms with E-state index in [2.05, 4.69) is 16.7 Å². The number of hydrogen-bond donors (Lipinski definition) is 3. The molecule has 1 saturated heterocycles. The molecule has 1 fully saturated rings. The van der Waals surface area contributed by atoms with E-state index in [4.69, 9.17) is 5.11 Å². The molecular weight excluding hydrogens is 204 g/mol. The number of nitrogens with one attached hydrogen (secondary N) is 2. The van der Waals surface area contributed by atoms with Gasteiger partial charge in [-0.05, 0) is 24.6 Å². The second-order valence-electron chi connectivity index (χ2n) is 4.42. The summed E-state index contributed by atoms with van der Waals surface area (Å²) < 4.78 is 0. The molecule has 3 rings (SSSR count). The molecule has 4 heteroatoms. The van der Waals surface area contributed by atoms with Crippen molar-refractivity contribution in [1.82, 2.24) is 5.32 Å². The minimum absolute atomic E-state index is 0.0105. The van der Waals surface area contributed by atoms with Gasteiger partial charge in [0, 0.05) is 11.6 Å². The highest BCUT2D eigenvalue weighted by molar-refractivity contribution is 5.77. The van der Waals surface area contributed by atoms with Crippen LogP contribution in [0.25, 0.3) is 0 Å². The SMILES string of the molecule is O=C(O)C1NCCC2c3ccccc3NC12. The number of para-hydroxylation sites is 1. The molecule has 0 spiro atoms. The lowest BCUT2D eigenvalue weighted by molar-refractivity contribution is -0.140. The largest absolute Gasteiger partial charge is 0.480 e. The van der Waals surface area contributed by atoms with Gasteiger partial charge in [0.15, 0.2) is 0 Å². The van der Waals surface area contributed by atoms with E-state index in [9.17, 15) is 4.79 Å². The summed E-state index contributed by atoms with van der Waals surface area (Å²) in [5.41, 5.74) is 2.35. The fraction of sp³-hybridized carbons (Fsp3) is 0.417. The summed E-state index contributed by atoms with van der Waals surface area (Å²) in [5.74, 6) is -0.437. The van der Waals surface area contributed by atoms with Crippen LogP contribution >= 0.6 is 0 Å². The number of aliphatic carboxylic acids is 1. The Morgan fingerprint density at radius 2 is 2.19 bits per heavy atom. The first kappa shape index (κ1) is 9.66. The lowest BCUT2D eigenvalue weighted by Gasteiger charge is -2.32. The highest BCUT2D eigenvalue weighted by atomic mass is 16.4. The summed E-state index contributed by atoms with van der Waals surface area (Å²) in [4.78, 5) is 11.1. The summed E-state index contributed by atoms with van der Waals surface area (Å²) in [7, 11) is 0. The van der Waals surface area contributed by atoms with Gasteiger partial charge in [-0.15, -0.1) is 0 Å². The molecule has 4 nitrogen and oxygen atoms in total. The molecule has 0 aromatic heterocycles. The third-order valence-corrected chi connectivity index (χ3v) is 3.56. The minimum atomic E-state index is -0.769. The number of anilines is 1. The summed E-state index contributed by atoms with van der Waals surface area (Å²) in [6.45, 7) is 0.772. The van der Waals surface area contributed by atoms with Gasteiger partial charge >= 0.3 is 5.97 Å². The van der Waals surface area contributed by atoms with Crippen molar-refractivity contribution >= 4 is 11.7 Å². The number of benzene rings is 1. The van der Waals surface area contributed by atoms with Crippen molar-refractivity contribution in [3.63, 3.8) is 0 Å². The van der Waals surface area contributed by atoms with Crippen molar-refractivity contribution in [3.05, 3.63) is 29.8 Å². The molecule has 0 bridgehead atoms. The first-order chi connectivity index (χ1) is 7.77. The Bertz CT molecular complexity index is 433. The molecule has 0 amide bonds. The first-order valence-electron chi connectivity index (χ1n) is 5.59. The summed E-state index contributed by atoms with van der Waals surface area (Å²) in [6, 6.07) is 7.62. The van der Waals surface area contributed by atoms with Crippen molar-refractivity contribution in [2.45, 2.75) is 24.4 Å². The Hall–Kier alpha value is -1.55. The van der Waals surface area contributed by atoms with Crippen LogP contribution in [0.1, 0.15) is 17.9 Å². The molecule has 3 atom stereocenters. The van der Waals surface area contributed by atoms with Gasteiger partial charge in [-0.2, -0.15) is 0 Å². The normalized spacial score (nSPS) is 31.4. The van der Waals surface area contributed by atoms with Crippen molar-refractivity contribution in [2.75, 3.05) is 11.9 Å². The minimum Gasteiger partial charge on any atom is -0.480 e. The maximum absolute atomic E-state index is 11.1. The van der Waals surface area contributed by atoms with E-state index in [1.54, 1.807) is 0 Å². The van der Waals surface area contributed by atoms with Crippen LogP contribution in [0.3, 0.4) is 0 Å². The van der Waals surface area contributed by atoms with Crippen molar-refractivity contribution in [3.8, 4) is 0 Å². The molecule has 1 aromatic rings. The smallest absolute Gasteiger partial charge is 0.322 e. The van der Waals surface area contributed by atoms with Gasteiger partial charge in [-0.3, -0.25) is 4.79 Å². The van der Waals surface area contributed by atoms with Crippen molar-refractivity contribution in [1.29, 1.82) is 0 Å². The monoisotopic (exact) mass is 218 g/mol. The van der Waals surface area contributed by atoms with Gasteiger partial charge in [0.05, 0.1) is 6.04 Å². The highest BCUT2D eigenvalue weighted by Crippen LogP contribution is 2.40. The standard InChI is InChI=1S/C12H14N2O2/c15-12(16)11-10-8(5-6-13-11)7-3-1-2-4-9(7)14-10/h1-4,8,10-11,13-14H,5-6H2,(H,15,16). The second-order valence-corrected chi connectivity index (χ2v) is 4.42. The van der Waals surface area contributed by atoms with Crippen LogP contribution in [-0.4, -0.2) is 29.7 Å². The molecule has 0 aliphatic carbocycles. The van der Waals surface area contributed by atoms with Crippen LogP contribution in [0, 0.1) is 0 Å². The number of fused-ring (bicyclic) bond motifs is 3. The van der Waals surface area contributed by atoms with Gasteiger partial charge in [-0.25, -0.2) is 0 Å². The lowest BCUT2D eigenvalue weighted by atomic mass is 9.85. The number of carboxylic acid groups (broad SMARTS) is 1. The van der Waals surface area contributed by atoms with E-state index in [1.165, 1.54) is 5.56 Å². The van der Waals surface area contributed by atoms with E-state index in [0.29, 0.717) is 5.92 Å². The van der Waals surface area contributed by atoms with Gasteiger partial charge < -0.3 is 15.7 Å². The average Bonchev–Trinajstić information content (AvgIpc) is 2.67. The van der Waals surface area contributed by atoms with Gasteiger partial charge in [0.1, 0.15) is 6.04 Å². The predicted molar refractivity (Wildman–Crippen MR) is 60.6 cm³/mol. The predicted octanol–water partition coefficient (Wildman–Crippen LogP) is 1.01. The summed E-state index contributed by atoms with van der Waals surface area (Å²) in [6.07, 6.45) is 0.998. The Morgan fingerprint density at radius 1 is 1.38 bits per heavy atom. The fourth-order valence-corrected chi connectivity index (χ4v) is 2.84. The van der Waals surface area contributed by atoms with Gasteiger partial charge in [0.25, 0.3) is 0 Å². The van der Waals surface area contributed by atoms with Gasteiger partial charge in [-0.1, -0.05) is 18.2 Å². The molecule has 1 aromatic carbocycles. The van der Waals surface area contributed by atoms with Crippen LogP contribution in [0.5, 0.6) is 0 Å². The molecule has 2 aliphatic heterocycles. The topological polar surface area (TPSA) is 61.4 Å². The van der Waals surface area contributed by atoms with Crippen molar-refractivity contribution in [2.24, 2.45) is 0 Å². The third kappa shape index (κ3) is 1.30. The quantitative estimate of drug-likeness (QED) is 0.658. The van der Waals surface area contributed by atoms with Crippen LogP contribution < -0.4 is 10.6 Å². The summed E-state index contributed by atoms with van der Waals surface area (Å²) in [5, 5.41) is 15.5. The van der Waals surface area contributed by atoms with Crippen LogP contribution in [-0.2, 0) is 4.79 Å². The van der Waals surface area contributed by atoms with Crippen LogP contribution in [0.4, 0.5) is 5.69 Å². The molecule has 2 heterocycles. The number of rotatable bonds is 1. The summed E-state index contributed by atoms with van der Waals surface area (Å²) >= 11 is 0. The molecule has 2 aliphatic rings. The second kappa shape index (κ2) is 3.49. The number of carboxylic acids is 1. The van der Waals surface area contributed by atoms with E-state index in [0.717, 1.165) is 18.7 Å². The van der Waals surface area contributed by atoms with Crippen LogP contribution in [0.2, 0.25) is 0 Å². The van der Waals surface area contributed by atoms with E-state index in [-0.39, 0.29) is 6.04 Å². The molecular formula is C12H14N2O2. The first-order valence-corrected chi connectivity index (χ1v) is 5.59. The lowest BCUT2D eigenvalue weighted by Crippen LogP contribution is -2.54. The third-order valence-electron chi connectivity index (χ3n) is 3.56. The molecule has 84 valence electrons. The molecule has 3 unspecified atom stereocenters. The Kier molecular flexibility index (Phi) is 2.11. The molecule has 0 radical (unpaired) electrons. The fourth-order valence-electron chi connectivity index (χ4n) is 2.84. The zero-order valence-electron chi connectivity index (χ0n) is 8.81. The Morgan fingerprint density at radius 3 is 3.00 bits per heavy atom. The average molecular weight is 218 g/mol. The van der Waals surface area contributed by atoms with E-state index >= 15 is 0 Å². The zero-order valence-corrected chi connectivity index (χ0v) is 8.81. The number of hydrogen-bond acceptors (Lipinski definition) is 3. The molecule has 16 heavy (non-hydrogen) atoms. The highest BCUT2D eigenvalue weighted by Gasteiger charge is 2.42. The maximum atomic E-state index is 11.1. The van der Waals surface area contributed by atoms with E-state index in [1.807, 2.05) is 18.2 Å². The molecule has 3 N–H and O–H groups in total. The zero-order chi connectivity index (χ0) is 11.1. The Labute approximate surface area is 93.7 Å². The van der Waals surface area contributed by atoms with Crippen LogP contribution in [0.15, 0.2) is 24.3 Å². The van der Waals surface area contributed by atoms with Gasteiger partial charge in [0.2, 0.25) is 0 Å².